The van der Waals surface area contributed by atoms with E-state index in [9.17, 15) is 18.0 Å². The minimum absolute atomic E-state index is 0.0341. The van der Waals surface area contributed by atoms with Crippen molar-refractivity contribution in [3.8, 4) is 0 Å². The van der Waals surface area contributed by atoms with Gasteiger partial charge < -0.3 is 15.1 Å². The van der Waals surface area contributed by atoms with Gasteiger partial charge in [0.25, 0.3) is 5.91 Å². The molecule has 0 aliphatic heterocycles. The van der Waals surface area contributed by atoms with E-state index in [1.54, 1.807) is 36.4 Å². The Morgan fingerprint density at radius 2 is 1.88 bits per heavy atom. The van der Waals surface area contributed by atoms with E-state index in [0.717, 1.165) is 31.9 Å². The summed E-state index contributed by atoms with van der Waals surface area (Å²) in [7, 11) is 0. The number of oxazole rings is 1. The quantitative estimate of drug-likeness (QED) is 0.480. The van der Waals surface area contributed by atoms with Gasteiger partial charge in [-0.15, -0.1) is 0 Å². The Morgan fingerprint density at radius 1 is 1.09 bits per heavy atom. The van der Waals surface area contributed by atoms with Gasteiger partial charge in [-0.3, -0.25) is 9.20 Å². The molecular formula is C22H20F3N5O2. The Hall–Kier alpha value is -3.56. The average molecular weight is 443 g/mol. The van der Waals surface area contributed by atoms with Gasteiger partial charge in [-0.25, -0.2) is 9.97 Å². The van der Waals surface area contributed by atoms with Crippen molar-refractivity contribution in [3.63, 3.8) is 0 Å². The minimum atomic E-state index is -4.49. The molecule has 0 spiro atoms. The monoisotopic (exact) mass is 443 g/mol. The molecule has 2 N–H and O–H groups in total. The van der Waals surface area contributed by atoms with Gasteiger partial charge in [0.2, 0.25) is 0 Å². The number of hydrogen-bond acceptors (Lipinski definition) is 5. The van der Waals surface area contributed by atoms with E-state index in [-0.39, 0.29) is 23.6 Å². The number of imidazole rings is 1. The van der Waals surface area contributed by atoms with Crippen molar-refractivity contribution in [1.82, 2.24) is 19.7 Å². The Kier molecular flexibility index (Phi) is 4.99. The normalized spacial score (nSPS) is 19.3. The summed E-state index contributed by atoms with van der Waals surface area (Å²) in [6.45, 7) is 0. The van der Waals surface area contributed by atoms with Crippen LogP contribution in [0, 0.1) is 0 Å². The second kappa shape index (κ2) is 7.85. The molecule has 10 heteroatoms. The number of benzene rings is 1. The molecule has 1 saturated carbocycles. The number of pyridine rings is 1. The van der Waals surface area contributed by atoms with Gasteiger partial charge in [0.1, 0.15) is 17.0 Å². The van der Waals surface area contributed by atoms with E-state index in [1.165, 1.54) is 10.8 Å². The summed E-state index contributed by atoms with van der Waals surface area (Å²) in [4.78, 5) is 20.3. The molecule has 0 bridgehead atoms. The van der Waals surface area contributed by atoms with Crippen molar-refractivity contribution in [2.75, 3.05) is 5.32 Å². The maximum atomic E-state index is 13.0. The molecule has 0 radical (unpaired) electrons. The number of aromatic nitrogens is 3. The molecule has 1 fully saturated rings. The first kappa shape index (κ1) is 20.3. The number of fused-ring (bicyclic) bond motifs is 2. The third kappa shape index (κ3) is 4.00. The SMILES string of the molecule is O=C(N[C@H]1CC[C@@H](Nc2cccc3nc(C(F)(F)F)cn23)CC1)c1ccc2ncoc2c1. The molecule has 7 nitrogen and oxygen atoms in total. The highest BCUT2D eigenvalue weighted by Gasteiger charge is 2.34. The third-order valence-corrected chi connectivity index (χ3v) is 5.79. The van der Waals surface area contributed by atoms with Crippen LogP contribution in [0.15, 0.2) is 53.4 Å². The number of hydrogen-bond donors (Lipinski definition) is 2. The number of halogens is 3. The standard InChI is InChI=1S/C22H20F3N5O2/c23-22(24,25)18-11-30-19(2-1-3-20(30)29-18)27-14-5-7-15(8-6-14)28-21(31)13-4-9-16-17(10-13)32-12-26-16/h1-4,9-12,14-15,27H,5-8H2,(H,28,31)/t14-,15+. The zero-order valence-corrected chi connectivity index (χ0v) is 16.9. The van der Waals surface area contributed by atoms with Crippen molar-refractivity contribution in [1.29, 1.82) is 0 Å². The van der Waals surface area contributed by atoms with Crippen molar-refractivity contribution < 1.29 is 22.4 Å². The van der Waals surface area contributed by atoms with Crippen LogP contribution in [-0.2, 0) is 6.18 Å². The second-order valence-electron chi connectivity index (χ2n) is 7.96. The zero-order chi connectivity index (χ0) is 22.3. The highest BCUT2D eigenvalue weighted by atomic mass is 19.4. The van der Waals surface area contributed by atoms with Crippen molar-refractivity contribution >= 4 is 28.5 Å². The van der Waals surface area contributed by atoms with Gasteiger partial charge in [-0.2, -0.15) is 13.2 Å². The lowest BCUT2D eigenvalue weighted by Crippen LogP contribution is -2.40. The largest absolute Gasteiger partial charge is 0.443 e. The van der Waals surface area contributed by atoms with Gasteiger partial charge in [0.05, 0.1) is 0 Å². The second-order valence-corrected chi connectivity index (χ2v) is 7.96. The predicted molar refractivity (Wildman–Crippen MR) is 111 cm³/mol. The van der Waals surface area contributed by atoms with Crippen LogP contribution in [0.25, 0.3) is 16.7 Å². The van der Waals surface area contributed by atoms with Crippen LogP contribution >= 0.6 is 0 Å². The first-order chi connectivity index (χ1) is 15.4. The summed E-state index contributed by atoms with van der Waals surface area (Å²) in [5.74, 6) is 0.404. The van der Waals surface area contributed by atoms with Gasteiger partial charge in [0.15, 0.2) is 17.7 Å². The number of anilines is 1. The molecule has 1 aromatic carbocycles. The van der Waals surface area contributed by atoms with Crippen LogP contribution in [0.2, 0.25) is 0 Å². The van der Waals surface area contributed by atoms with Crippen LogP contribution in [0.4, 0.5) is 19.0 Å². The van der Waals surface area contributed by atoms with Gasteiger partial charge in [0, 0.05) is 23.8 Å². The summed E-state index contributed by atoms with van der Waals surface area (Å²) in [6.07, 6.45) is 0.956. The molecule has 0 saturated heterocycles. The van der Waals surface area contributed by atoms with Crippen LogP contribution < -0.4 is 10.6 Å². The smallest absolute Gasteiger partial charge is 0.434 e. The van der Waals surface area contributed by atoms with E-state index in [0.29, 0.717) is 22.5 Å². The van der Waals surface area contributed by atoms with Crippen LogP contribution in [-0.4, -0.2) is 32.4 Å². The Morgan fingerprint density at radius 3 is 2.66 bits per heavy atom. The molecule has 1 aliphatic rings. The zero-order valence-electron chi connectivity index (χ0n) is 16.9. The molecule has 1 amide bonds. The Labute approximate surface area is 180 Å². The van der Waals surface area contributed by atoms with Crippen LogP contribution in [0.5, 0.6) is 0 Å². The topological polar surface area (TPSA) is 84.5 Å². The molecule has 1 aliphatic carbocycles. The number of alkyl halides is 3. The molecule has 5 rings (SSSR count). The van der Waals surface area contributed by atoms with Crippen LogP contribution in [0.3, 0.4) is 0 Å². The van der Waals surface area contributed by atoms with E-state index in [2.05, 4.69) is 20.6 Å². The summed E-state index contributed by atoms with van der Waals surface area (Å²) >= 11 is 0. The fourth-order valence-electron chi connectivity index (χ4n) is 4.12. The van der Waals surface area contributed by atoms with Crippen molar-refractivity contribution in [2.24, 2.45) is 0 Å². The number of carbonyl (C=O) groups excluding carboxylic acids is 1. The lowest BCUT2D eigenvalue weighted by atomic mass is 9.91. The number of nitrogens with zero attached hydrogens (tertiary/aromatic N) is 3. The number of nitrogens with one attached hydrogen (secondary N) is 2. The molecule has 0 unspecified atom stereocenters. The van der Waals surface area contributed by atoms with E-state index in [1.807, 2.05) is 0 Å². The maximum Gasteiger partial charge on any atom is 0.434 e. The summed E-state index contributed by atoms with van der Waals surface area (Å²) < 4.78 is 45.7. The van der Waals surface area contributed by atoms with Gasteiger partial charge in [-0.05, 0) is 56.0 Å². The van der Waals surface area contributed by atoms with E-state index < -0.39 is 11.9 Å². The minimum Gasteiger partial charge on any atom is -0.443 e. The lowest BCUT2D eigenvalue weighted by molar-refractivity contribution is -0.140. The summed E-state index contributed by atoms with van der Waals surface area (Å²) in [5.41, 5.74) is 1.10. The van der Waals surface area contributed by atoms with Gasteiger partial charge in [-0.1, -0.05) is 6.07 Å². The summed E-state index contributed by atoms with van der Waals surface area (Å²) in [5, 5.41) is 6.39. The molecular weight excluding hydrogens is 423 g/mol. The Bertz CT molecular complexity index is 1270. The first-order valence-corrected chi connectivity index (χ1v) is 10.3. The molecule has 32 heavy (non-hydrogen) atoms. The highest BCUT2D eigenvalue weighted by Crippen LogP contribution is 2.30. The fourth-order valence-corrected chi connectivity index (χ4v) is 4.12. The lowest BCUT2D eigenvalue weighted by Gasteiger charge is -2.30. The molecule has 0 atom stereocenters. The van der Waals surface area contributed by atoms with Crippen LogP contribution in [0.1, 0.15) is 41.7 Å². The first-order valence-electron chi connectivity index (χ1n) is 10.3. The van der Waals surface area contributed by atoms with E-state index in [4.69, 9.17) is 4.42 Å². The molecule has 3 heterocycles. The number of amides is 1. The van der Waals surface area contributed by atoms with Crippen molar-refractivity contribution in [2.45, 2.75) is 43.9 Å². The third-order valence-electron chi connectivity index (χ3n) is 5.79. The maximum absolute atomic E-state index is 13.0. The highest BCUT2D eigenvalue weighted by molar-refractivity contribution is 5.97. The van der Waals surface area contributed by atoms with E-state index >= 15 is 0 Å². The fraction of sp³-hybridized carbons (Fsp3) is 0.318. The Balaban J connectivity index is 1.20. The summed E-state index contributed by atoms with van der Waals surface area (Å²) in [6, 6.07) is 10.2. The number of rotatable bonds is 4. The predicted octanol–water partition coefficient (Wildman–Crippen LogP) is 4.65. The number of carbonyl (C=O) groups is 1. The molecule has 3 aromatic heterocycles. The molecule has 4 aromatic rings. The van der Waals surface area contributed by atoms with Gasteiger partial charge >= 0.3 is 6.18 Å². The average Bonchev–Trinajstić information content (AvgIpc) is 3.42. The van der Waals surface area contributed by atoms with Crippen molar-refractivity contribution in [3.05, 3.63) is 60.2 Å². The molecule has 166 valence electrons.